The van der Waals surface area contributed by atoms with E-state index in [1.54, 1.807) is 31.4 Å². The summed E-state index contributed by atoms with van der Waals surface area (Å²) in [7, 11) is 1.57. The Labute approximate surface area is 194 Å². The number of amides is 1. The Morgan fingerprint density at radius 3 is 2.52 bits per heavy atom. The van der Waals surface area contributed by atoms with Gasteiger partial charge in [0, 0.05) is 12.1 Å². The lowest BCUT2D eigenvalue weighted by molar-refractivity contribution is 0.0616. The molecule has 33 heavy (non-hydrogen) atoms. The molecular formula is C27H29NO5. The lowest BCUT2D eigenvalue weighted by Crippen LogP contribution is -2.25. The highest BCUT2D eigenvalue weighted by Gasteiger charge is 2.12. The normalized spacial score (nSPS) is 11.3. The Bertz CT molecular complexity index is 1050. The number of hydrogen-bond donors (Lipinski definition) is 2. The van der Waals surface area contributed by atoms with Gasteiger partial charge in [-0.1, -0.05) is 48.5 Å². The standard InChI is InChI=1S/C27H29NO5/c1-3-8-20-13-14-25(26(15-20)31-2)33-19-23(29)18-32-24-12-7-11-22(16-24)27(30)28-17-21-9-5-4-6-10-21/h3-7,9-16,23,29H,1,8,17-19H2,2H3,(H,28,30). The van der Waals surface area contributed by atoms with Gasteiger partial charge in [-0.05, 0) is 47.9 Å². The van der Waals surface area contributed by atoms with Gasteiger partial charge in [0.25, 0.3) is 5.91 Å². The van der Waals surface area contributed by atoms with Gasteiger partial charge in [0.05, 0.1) is 7.11 Å². The fourth-order valence-corrected chi connectivity index (χ4v) is 3.16. The van der Waals surface area contributed by atoms with Gasteiger partial charge in [-0.2, -0.15) is 0 Å². The molecule has 3 aromatic carbocycles. The minimum atomic E-state index is -0.863. The largest absolute Gasteiger partial charge is 0.493 e. The van der Waals surface area contributed by atoms with Crippen molar-refractivity contribution in [2.75, 3.05) is 20.3 Å². The second kappa shape index (κ2) is 12.3. The van der Waals surface area contributed by atoms with Gasteiger partial charge in [0.1, 0.15) is 25.1 Å². The fourth-order valence-electron chi connectivity index (χ4n) is 3.16. The summed E-state index contributed by atoms with van der Waals surface area (Å²) < 4.78 is 16.7. The Kier molecular flexibility index (Phi) is 8.91. The summed E-state index contributed by atoms with van der Waals surface area (Å²) in [5, 5.41) is 13.2. The third kappa shape index (κ3) is 7.40. The van der Waals surface area contributed by atoms with Crippen LogP contribution < -0.4 is 19.5 Å². The molecule has 0 aliphatic rings. The molecule has 3 rings (SSSR count). The maximum atomic E-state index is 12.4. The quantitative estimate of drug-likeness (QED) is 0.408. The molecule has 0 aliphatic carbocycles. The molecule has 0 fully saturated rings. The molecule has 0 saturated heterocycles. The van der Waals surface area contributed by atoms with E-state index >= 15 is 0 Å². The van der Waals surface area contributed by atoms with Crippen LogP contribution in [0.25, 0.3) is 0 Å². The SMILES string of the molecule is C=CCc1ccc(OCC(O)COc2cccc(C(=O)NCc3ccccc3)c2)c(OC)c1. The van der Waals surface area contributed by atoms with Crippen LogP contribution in [0.3, 0.4) is 0 Å². The second-order valence-corrected chi connectivity index (χ2v) is 7.45. The van der Waals surface area contributed by atoms with Crippen LogP contribution in [0.5, 0.6) is 17.2 Å². The predicted molar refractivity (Wildman–Crippen MR) is 128 cm³/mol. The first-order chi connectivity index (χ1) is 16.1. The van der Waals surface area contributed by atoms with Gasteiger partial charge < -0.3 is 24.6 Å². The van der Waals surface area contributed by atoms with Gasteiger partial charge in [0.2, 0.25) is 0 Å². The van der Waals surface area contributed by atoms with Crippen molar-refractivity contribution in [3.63, 3.8) is 0 Å². The fraction of sp³-hybridized carbons (Fsp3) is 0.222. The lowest BCUT2D eigenvalue weighted by Gasteiger charge is -2.16. The van der Waals surface area contributed by atoms with Crippen molar-refractivity contribution in [2.24, 2.45) is 0 Å². The van der Waals surface area contributed by atoms with Crippen LogP contribution in [0.15, 0.2) is 85.5 Å². The molecule has 0 bridgehead atoms. The van der Waals surface area contributed by atoms with E-state index in [1.165, 1.54) is 0 Å². The molecule has 1 unspecified atom stereocenters. The Balaban J connectivity index is 1.48. The van der Waals surface area contributed by atoms with E-state index in [9.17, 15) is 9.90 Å². The maximum absolute atomic E-state index is 12.4. The third-order valence-corrected chi connectivity index (χ3v) is 4.87. The van der Waals surface area contributed by atoms with Crippen molar-refractivity contribution in [1.82, 2.24) is 5.32 Å². The number of benzene rings is 3. The molecule has 0 radical (unpaired) electrons. The molecule has 6 nitrogen and oxygen atoms in total. The van der Waals surface area contributed by atoms with Crippen molar-refractivity contribution in [3.8, 4) is 17.2 Å². The molecule has 6 heteroatoms. The highest BCUT2D eigenvalue weighted by Crippen LogP contribution is 2.28. The highest BCUT2D eigenvalue weighted by molar-refractivity contribution is 5.94. The number of hydrogen-bond acceptors (Lipinski definition) is 5. The molecule has 0 saturated carbocycles. The Morgan fingerprint density at radius 1 is 0.970 bits per heavy atom. The first kappa shape index (κ1) is 23.9. The van der Waals surface area contributed by atoms with Gasteiger partial charge in [0.15, 0.2) is 11.5 Å². The van der Waals surface area contributed by atoms with Crippen molar-refractivity contribution >= 4 is 5.91 Å². The number of methoxy groups -OCH3 is 1. The second-order valence-electron chi connectivity index (χ2n) is 7.45. The van der Waals surface area contributed by atoms with Crippen LogP contribution in [-0.4, -0.2) is 37.4 Å². The number of ether oxygens (including phenoxy) is 3. The number of aliphatic hydroxyl groups excluding tert-OH is 1. The minimum absolute atomic E-state index is 0.0198. The molecule has 0 heterocycles. The third-order valence-electron chi connectivity index (χ3n) is 4.87. The molecule has 2 N–H and O–H groups in total. The topological polar surface area (TPSA) is 77.0 Å². The van der Waals surface area contributed by atoms with Crippen LogP contribution >= 0.6 is 0 Å². The average molecular weight is 448 g/mol. The predicted octanol–water partition coefficient (Wildman–Crippen LogP) is 4.17. The maximum Gasteiger partial charge on any atom is 0.251 e. The number of carbonyl (C=O) groups excluding carboxylic acids is 1. The van der Waals surface area contributed by atoms with Crippen molar-refractivity contribution in [2.45, 2.75) is 19.1 Å². The van der Waals surface area contributed by atoms with Crippen LogP contribution in [0.1, 0.15) is 21.5 Å². The summed E-state index contributed by atoms with van der Waals surface area (Å²) in [6.07, 6.45) is 1.69. The van der Waals surface area contributed by atoms with Gasteiger partial charge in [-0.15, -0.1) is 6.58 Å². The number of aliphatic hydroxyl groups is 1. The highest BCUT2D eigenvalue weighted by atomic mass is 16.5. The number of rotatable bonds is 12. The molecule has 1 atom stereocenters. The summed E-state index contributed by atoms with van der Waals surface area (Å²) in [4.78, 5) is 12.4. The summed E-state index contributed by atoms with van der Waals surface area (Å²) in [5.41, 5.74) is 2.57. The van der Waals surface area contributed by atoms with E-state index in [1.807, 2.05) is 54.6 Å². The van der Waals surface area contributed by atoms with Crippen LogP contribution in [0.4, 0.5) is 0 Å². The minimum Gasteiger partial charge on any atom is -0.493 e. The number of nitrogens with one attached hydrogen (secondary N) is 1. The summed E-state index contributed by atoms with van der Waals surface area (Å²) in [5.74, 6) is 1.44. The smallest absolute Gasteiger partial charge is 0.251 e. The molecule has 172 valence electrons. The number of allylic oxidation sites excluding steroid dienone is 1. The number of carbonyl (C=O) groups is 1. The Hall–Kier alpha value is -3.77. The van der Waals surface area contributed by atoms with Crippen molar-refractivity contribution in [3.05, 3.63) is 102 Å². The van der Waals surface area contributed by atoms with Gasteiger partial charge in [-0.3, -0.25) is 4.79 Å². The summed E-state index contributed by atoms with van der Waals surface area (Å²) >= 11 is 0. The Morgan fingerprint density at radius 2 is 1.76 bits per heavy atom. The monoisotopic (exact) mass is 447 g/mol. The van der Waals surface area contributed by atoms with E-state index in [0.717, 1.165) is 17.5 Å². The average Bonchev–Trinajstić information content (AvgIpc) is 2.86. The van der Waals surface area contributed by atoms with Gasteiger partial charge in [-0.25, -0.2) is 0 Å². The van der Waals surface area contributed by atoms with E-state index in [2.05, 4.69) is 11.9 Å². The van der Waals surface area contributed by atoms with E-state index < -0.39 is 6.10 Å². The van der Waals surface area contributed by atoms with E-state index in [4.69, 9.17) is 14.2 Å². The molecule has 0 aliphatic heterocycles. The van der Waals surface area contributed by atoms with Crippen LogP contribution in [0.2, 0.25) is 0 Å². The van der Waals surface area contributed by atoms with E-state index in [0.29, 0.717) is 29.4 Å². The van der Waals surface area contributed by atoms with Crippen molar-refractivity contribution < 1.29 is 24.1 Å². The summed E-state index contributed by atoms with van der Waals surface area (Å²) in [6.45, 7) is 4.23. The van der Waals surface area contributed by atoms with Crippen LogP contribution in [-0.2, 0) is 13.0 Å². The lowest BCUT2D eigenvalue weighted by atomic mass is 10.1. The first-order valence-electron chi connectivity index (χ1n) is 10.7. The molecular weight excluding hydrogens is 418 g/mol. The molecule has 1 amide bonds. The first-order valence-corrected chi connectivity index (χ1v) is 10.7. The van der Waals surface area contributed by atoms with Gasteiger partial charge >= 0.3 is 0 Å². The van der Waals surface area contributed by atoms with Crippen LogP contribution in [0, 0.1) is 0 Å². The van der Waals surface area contributed by atoms with Crippen molar-refractivity contribution in [1.29, 1.82) is 0 Å². The zero-order chi connectivity index (χ0) is 23.5. The van der Waals surface area contributed by atoms with E-state index in [-0.39, 0.29) is 19.1 Å². The molecule has 0 aromatic heterocycles. The molecule has 3 aromatic rings. The summed E-state index contributed by atoms with van der Waals surface area (Å²) in [6, 6.07) is 22.2. The zero-order valence-electron chi connectivity index (χ0n) is 18.7. The zero-order valence-corrected chi connectivity index (χ0v) is 18.7. The molecule has 0 spiro atoms.